The Kier molecular flexibility index (Phi) is 5.07. The van der Waals surface area contributed by atoms with E-state index in [9.17, 15) is 4.79 Å². The molecule has 0 aromatic carbocycles. The fourth-order valence-electron chi connectivity index (χ4n) is 1.31. The topological polar surface area (TPSA) is 49.3 Å². The van der Waals surface area contributed by atoms with Gasteiger partial charge < -0.3 is 10.4 Å². The molecule has 1 aromatic rings. The highest BCUT2D eigenvalue weighted by molar-refractivity contribution is 7.10. The van der Waals surface area contributed by atoms with E-state index in [-0.39, 0.29) is 0 Å². The number of carbonyl (C=O) groups is 1. The van der Waals surface area contributed by atoms with Gasteiger partial charge in [-0.15, -0.1) is 11.3 Å². The Morgan fingerprint density at radius 2 is 2.53 bits per heavy atom. The van der Waals surface area contributed by atoms with Gasteiger partial charge in [-0.1, -0.05) is 19.1 Å². The molecule has 1 heterocycles. The fourth-order valence-corrected chi connectivity index (χ4v) is 2.19. The highest BCUT2D eigenvalue weighted by Crippen LogP contribution is 2.21. The van der Waals surface area contributed by atoms with Crippen LogP contribution in [-0.2, 0) is 4.79 Å². The van der Waals surface area contributed by atoms with Crippen molar-refractivity contribution in [3.8, 4) is 0 Å². The van der Waals surface area contributed by atoms with Crippen molar-refractivity contribution in [2.24, 2.45) is 0 Å². The van der Waals surface area contributed by atoms with Gasteiger partial charge in [0.2, 0.25) is 0 Å². The smallest absolute Gasteiger partial charge is 0.328 e. The zero-order valence-corrected chi connectivity index (χ0v) is 9.46. The molecule has 0 fully saturated rings. The molecule has 0 aliphatic rings. The van der Waals surface area contributed by atoms with Crippen molar-refractivity contribution in [1.82, 2.24) is 5.32 Å². The van der Waals surface area contributed by atoms with Gasteiger partial charge >= 0.3 is 5.97 Å². The molecule has 1 rings (SSSR count). The van der Waals surface area contributed by atoms with E-state index in [1.54, 1.807) is 17.4 Å². The Labute approximate surface area is 93.4 Å². The van der Waals surface area contributed by atoms with E-state index in [0.717, 1.165) is 12.5 Å². The van der Waals surface area contributed by atoms with Crippen LogP contribution >= 0.6 is 11.3 Å². The lowest BCUT2D eigenvalue weighted by atomic mass is 10.2. The largest absolute Gasteiger partial charge is 0.478 e. The second kappa shape index (κ2) is 6.37. The Morgan fingerprint density at radius 3 is 3.07 bits per heavy atom. The highest BCUT2D eigenvalue weighted by Gasteiger charge is 2.07. The molecular formula is C11H15NO2S. The summed E-state index contributed by atoms with van der Waals surface area (Å²) in [5, 5.41) is 13.7. The van der Waals surface area contributed by atoms with Crippen molar-refractivity contribution in [3.05, 3.63) is 34.5 Å². The number of hydrogen-bond donors (Lipinski definition) is 2. The molecule has 1 unspecified atom stereocenters. The molecule has 15 heavy (non-hydrogen) atoms. The standard InChI is InChI=1S/C11H15NO2S/c1-2-9(10-5-4-8-15-10)12-7-3-6-11(13)14/h3-6,8-9,12H,2,7H2,1H3,(H,13,14)/b6-3+. The molecule has 0 aliphatic carbocycles. The normalized spacial score (nSPS) is 13.1. The summed E-state index contributed by atoms with van der Waals surface area (Å²) < 4.78 is 0. The Hall–Kier alpha value is -1.13. The third-order valence-electron chi connectivity index (χ3n) is 2.04. The van der Waals surface area contributed by atoms with E-state index in [2.05, 4.69) is 18.3 Å². The van der Waals surface area contributed by atoms with Crippen LogP contribution < -0.4 is 5.32 Å². The summed E-state index contributed by atoms with van der Waals surface area (Å²) in [5.41, 5.74) is 0. The minimum absolute atomic E-state index is 0.323. The number of carboxylic acid groups (broad SMARTS) is 1. The number of carboxylic acids is 1. The molecule has 82 valence electrons. The Morgan fingerprint density at radius 1 is 1.73 bits per heavy atom. The molecule has 2 N–H and O–H groups in total. The van der Waals surface area contributed by atoms with Crippen LogP contribution in [0.2, 0.25) is 0 Å². The molecular weight excluding hydrogens is 210 g/mol. The third-order valence-corrected chi connectivity index (χ3v) is 3.02. The van der Waals surface area contributed by atoms with Gasteiger partial charge in [0.05, 0.1) is 0 Å². The van der Waals surface area contributed by atoms with E-state index in [0.29, 0.717) is 12.6 Å². The van der Waals surface area contributed by atoms with Crippen LogP contribution in [0, 0.1) is 0 Å². The molecule has 0 saturated heterocycles. The zero-order chi connectivity index (χ0) is 11.1. The van der Waals surface area contributed by atoms with Crippen molar-refractivity contribution in [1.29, 1.82) is 0 Å². The second-order valence-electron chi connectivity index (χ2n) is 3.13. The molecule has 0 amide bonds. The monoisotopic (exact) mass is 225 g/mol. The Balaban J connectivity index is 2.39. The van der Waals surface area contributed by atoms with Gasteiger partial charge in [-0.05, 0) is 17.9 Å². The first-order valence-corrected chi connectivity index (χ1v) is 5.78. The van der Waals surface area contributed by atoms with Crippen LogP contribution in [0.15, 0.2) is 29.7 Å². The number of nitrogens with one attached hydrogen (secondary N) is 1. The maximum absolute atomic E-state index is 10.2. The van der Waals surface area contributed by atoms with Crippen LogP contribution in [-0.4, -0.2) is 17.6 Å². The molecule has 0 saturated carbocycles. The molecule has 0 bridgehead atoms. The van der Waals surface area contributed by atoms with E-state index < -0.39 is 5.97 Å². The van der Waals surface area contributed by atoms with E-state index in [4.69, 9.17) is 5.11 Å². The minimum atomic E-state index is -0.902. The molecule has 1 aromatic heterocycles. The maximum atomic E-state index is 10.2. The van der Waals surface area contributed by atoms with E-state index >= 15 is 0 Å². The van der Waals surface area contributed by atoms with Crippen LogP contribution in [0.1, 0.15) is 24.3 Å². The zero-order valence-electron chi connectivity index (χ0n) is 8.64. The summed E-state index contributed by atoms with van der Waals surface area (Å²) in [6.07, 6.45) is 3.79. The van der Waals surface area contributed by atoms with Crippen LogP contribution in [0.5, 0.6) is 0 Å². The lowest BCUT2D eigenvalue weighted by Crippen LogP contribution is -2.19. The van der Waals surface area contributed by atoms with Crippen molar-refractivity contribution >= 4 is 17.3 Å². The van der Waals surface area contributed by atoms with Crippen LogP contribution in [0.4, 0.5) is 0 Å². The summed E-state index contributed by atoms with van der Waals surface area (Å²) in [6.45, 7) is 2.70. The van der Waals surface area contributed by atoms with Crippen molar-refractivity contribution < 1.29 is 9.90 Å². The van der Waals surface area contributed by atoms with Crippen molar-refractivity contribution in [2.75, 3.05) is 6.54 Å². The fraction of sp³-hybridized carbons (Fsp3) is 0.364. The SMILES string of the molecule is CCC(NC/C=C/C(=O)O)c1cccs1. The first-order valence-electron chi connectivity index (χ1n) is 4.90. The lowest BCUT2D eigenvalue weighted by molar-refractivity contribution is -0.131. The molecule has 0 radical (unpaired) electrons. The predicted octanol–water partition coefficient (Wildman–Crippen LogP) is 2.43. The molecule has 3 nitrogen and oxygen atoms in total. The Bertz CT molecular complexity index is 319. The predicted molar refractivity (Wildman–Crippen MR) is 62.1 cm³/mol. The number of hydrogen-bond acceptors (Lipinski definition) is 3. The van der Waals surface area contributed by atoms with Gasteiger partial charge in [-0.2, -0.15) is 0 Å². The molecule has 1 atom stereocenters. The van der Waals surface area contributed by atoms with Crippen molar-refractivity contribution in [2.45, 2.75) is 19.4 Å². The first kappa shape index (κ1) is 11.9. The average Bonchev–Trinajstić information content (AvgIpc) is 2.70. The van der Waals surface area contributed by atoms with Gasteiger partial charge in [0.1, 0.15) is 0 Å². The summed E-state index contributed by atoms with van der Waals surface area (Å²) in [4.78, 5) is 11.5. The van der Waals surface area contributed by atoms with Gasteiger partial charge in [-0.3, -0.25) is 0 Å². The molecule has 0 spiro atoms. The average molecular weight is 225 g/mol. The van der Waals surface area contributed by atoms with E-state index in [1.165, 1.54) is 4.88 Å². The maximum Gasteiger partial charge on any atom is 0.328 e. The minimum Gasteiger partial charge on any atom is -0.478 e. The summed E-state index contributed by atoms with van der Waals surface area (Å²) in [7, 11) is 0. The lowest BCUT2D eigenvalue weighted by Gasteiger charge is -2.13. The van der Waals surface area contributed by atoms with Gasteiger partial charge in [0, 0.05) is 23.5 Å². The molecule has 4 heteroatoms. The second-order valence-corrected chi connectivity index (χ2v) is 4.10. The van der Waals surface area contributed by atoms with Crippen LogP contribution in [0.25, 0.3) is 0 Å². The van der Waals surface area contributed by atoms with Crippen molar-refractivity contribution in [3.63, 3.8) is 0 Å². The number of aliphatic carboxylic acids is 1. The highest BCUT2D eigenvalue weighted by atomic mass is 32.1. The van der Waals surface area contributed by atoms with Gasteiger partial charge in [0.25, 0.3) is 0 Å². The molecule has 0 aliphatic heterocycles. The number of thiophene rings is 1. The van der Waals surface area contributed by atoms with Crippen LogP contribution in [0.3, 0.4) is 0 Å². The van der Waals surface area contributed by atoms with Gasteiger partial charge in [-0.25, -0.2) is 4.79 Å². The number of rotatable bonds is 6. The summed E-state index contributed by atoms with van der Waals surface area (Å²) in [6, 6.07) is 4.44. The summed E-state index contributed by atoms with van der Waals surface area (Å²) in [5.74, 6) is -0.902. The summed E-state index contributed by atoms with van der Waals surface area (Å²) >= 11 is 1.72. The van der Waals surface area contributed by atoms with Gasteiger partial charge in [0.15, 0.2) is 0 Å². The van der Waals surface area contributed by atoms with E-state index in [1.807, 2.05) is 11.4 Å². The quantitative estimate of drug-likeness (QED) is 0.731. The first-order chi connectivity index (χ1) is 7.24. The third kappa shape index (κ3) is 4.27.